The van der Waals surface area contributed by atoms with Gasteiger partial charge in [-0.15, -0.1) is 0 Å². The molecule has 2 rings (SSSR count). The Morgan fingerprint density at radius 3 is 2.25 bits per heavy atom. The molecule has 1 atom stereocenters. The zero-order valence-corrected chi connectivity index (χ0v) is 13.2. The molecule has 0 saturated carbocycles. The number of hydrogen-bond acceptors (Lipinski definition) is 2. The number of furan rings is 1. The summed E-state index contributed by atoms with van der Waals surface area (Å²) in [5.41, 5.74) is 12.8. The van der Waals surface area contributed by atoms with Gasteiger partial charge in [0.05, 0.1) is 6.04 Å². The van der Waals surface area contributed by atoms with Crippen molar-refractivity contribution in [2.24, 2.45) is 5.73 Å². The minimum absolute atomic E-state index is 0.103. The second kappa shape index (κ2) is 5.84. The smallest absolute Gasteiger partial charge is 0.106 e. The first kappa shape index (κ1) is 14.9. The first-order valence-electron chi connectivity index (χ1n) is 7.43. The highest BCUT2D eigenvalue weighted by atomic mass is 16.3. The summed E-state index contributed by atoms with van der Waals surface area (Å²) in [5, 5.41) is 0. The Kier molecular flexibility index (Phi) is 4.34. The average Bonchev–Trinajstić information content (AvgIpc) is 2.70. The van der Waals surface area contributed by atoms with Crippen molar-refractivity contribution >= 4 is 0 Å². The average molecular weight is 271 g/mol. The minimum Gasteiger partial charge on any atom is -0.466 e. The van der Waals surface area contributed by atoms with Crippen LogP contribution in [-0.4, -0.2) is 0 Å². The Labute approximate surface area is 122 Å². The van der Waals surface area contributed by atoms with Crippen LogP contribution in [0, 0.1) is 20.8 Å². The van der Waals surface area contributed by atoms with E-state index >= 15 is 0 Å². The summed E-state index contributed by atoms with van der Waals surface area (Å²) in [4.78, 5) is 0. The maximum atomic E-state index is 6.57. The topological polar surface area (TPSA) is 39.2 Å². The third-order valence-corrected chi connectivity index (χ3v) is 4.26. The predicted octanol–water partition coefficient (Wildman–Crippen LogP) is 4.38. The molecule has 1 aromatic heterocycles. The van der Waals surface area contributed by atoms with Crippen LogP contribution in [0.15, 0.2) is 22.6 Å². The monoisotopic (exact) mass is 271 g/mol. The molecule has 20 heavy (non-hydrogen) atoms. The number of benzene rings is 1. The lowest BCUT2D eigenvalue weighted by atomic mass is 9.90. The van der Waals surface area contributed by atoms with Crippen LogP contribution in [-0.2, 0) is 12.8 Å². The number of aryl methyl sites for hydroxylation is 4. The molecule has 0 amide bonds. The summed E-state index contributed by atoms with van der Waals surface area (Å²) >= 11 is 0. The van der Waals surface area contributed by atoms with E-state index in [4.69, 9.17) is 10.2 Å². The van der Waals surface area contributed by atoms with Crippen LogP contribution in [0.5, 0.6) is 0 Å². The van der Waals surface area contributed by atoms with Gasteiger partial charge in [0.25, 0.3) is 0 Å². The van der Waals surface area contributed by atoms with E-state index in [0.29, 0.717) is 0 Å². The highest BCUT2D eigenvalue weighted by Gasteiger charge is 2.21. The lowest BCUT2D eigenvalue weighted by molar-refractivity contribution is 0.498. The van der Waals surface area contributed by atoms with Gasteiger partial charge in [0.15, 0.2) is 0 Å². The number of rotatable bonds is 4. The van der Waals surface area contributed by atoms with Crippen LogP contribution >= 0.6 is 0 Å². The molecule has 2 heteroatoms. The van der Waals surface area contributed by atoms with Crippen molar-refractivity contribution < 1.29 is 4.42 Å². The van der Waals surface area contributed by atoms with Crippen molar-refractivity contribution in [1.82, 2.24) is 0 Å². The first-order valence-corrected chi connectivity index (χ1v) is 7.43. The van der Waals surface area contributed by atoms with Gasteiger partial charge in [-0.1, -0.05) is 32.0 Å². The highest BCUT2D eigenvalue weighted by molar-refractivity contribution is 5.44. The fourth-order valence-corrected chi connectivity index (χ4v) is 2.90. The summed E-state index contributed by atoms with van der Waals surface area (Å²) in [5.74, 6) is 1.91. The molecule has 0 fully saturated rings. The van der Waals surface area contributed by atoms with Gasteiger partial charge in [0.2, 0.25) is 0 Å². The van der Waals surface area contributed by atoms with Gasteiger partial charge in [0, 0.05) is 5.56 Å². The molecular formula is C18H25NO. The van der Waals surface area contributed by atoms with E-state index in [9.17, 15) is 0 Å². The number of hydrogen-bond donors (Lipinski definition) is 1. The minimum atomic E-state index is -0.103. The van der Waals surface area contributed by atoms with Crippen molar-refractivity contribution in [2.75, 3.05) is 0 Å². The van der Waals surface area contributed by atoms with Crippen LogP contribution in [0.25, 0.3) is 0 Å². The molecule has 0 saturated heterocycles. The van der Waals surface area contributed by atoms with E-state index in [0.717, 1.165) is 29.9 Å². The second-order valence-corrected chi connectivity index (χ2v) is 5.47. The summed E-state index contributed by atoms with van der Waals surface area (Å²) in [6, 6.07) is 6.57. The van der Waals surface area contributed by atoms with Gasteiger partial charge in [-0.25, -0.2) is 0 Å². The Morgan fingerprint density at radius 2 is 1.75 bits per heavy atom. The molecule has 0 aliphatic rings. The maximum absolute atomic E-state index is 6.57. The van der Waals surface area contributed by atoms with Crippen molar-refractivity contribution in [3.63, 3.8) is 0 Å². The third-order valence-electron chi connectivity index (χ3n) is 4.26. The maximum Gasteiger partial charge on any atom is 0.106 e. The molecule has 0 spiro atoms. The highest BCUT2D eigenvalue weighted by Crippen LogP contribution is 2.32. The quantitative estimate of drug-likeness (QED) is 0.896. The zero-order chi connectivity index (χ0) is 14.9. The molecule has 1 unspecified atom stereocenters. The molecule has 1 heterocycles. The van der Waals surface area contributed by atoms with Gasteiger partial charge in [-0.2, -0.15) is 0 Å². The number of nitrogens with two attached hydrogens (primary N) is 1. The van der Waals surface area contributed by atoms with E-state index in [2.05, 4.69) is 39.0 Å². The van der Waals surface area contributed by atoms with Crippen LogP contribution in [0.1, 0.15) is 59.2 Å². The van der Waals surface area contributed by atoms with Crippen molar-refractivity contribution in [1.29, 1.82) is 0 Å². The lowest BCUT2D eigenvalue weighted by Crippen LogP contribution is -2.16. The molecule has 0 radical (unpaired) electrons. The van der Waals surface area contributed by atoms with Crippen molar-refractivity contribution in [2.45, 2.75) is 53.5 Å². The summed E-state index contributed by atoms with van der Waals surface area (Å²) in [6.07, 6.45) is 2.04. The molecule has 1 aromatic carbocycles. The van der Waals surface area contributed by atoms with Crippen LogP contribution in [0.3, 0.4) is 0 Å². The van der Waals surface area contributed by atoms with E-state index in [-0.39, 0.29) is 6.04 Å². The van der Waals surface area contributed by atoms with Crippen molar-refractivity contribution in [3.8, 4) is 0 Å². The molecular weight excluding hydrogens is 246 g/mol. The Balaban J connectivity index is 2.54. The summed E-state index contributed by atoms with van der Waals surface area (Å²) < 4.78 is 5.74. The third kappa shape index (κ3) is 2.53. The first-order chi connectivity index (χ1) is 9.49. The molecule has 2 N–H and O–H groups in total. The van der Waals surface area contributed by atoms with Crippen molar-refractivity contribution in [3.05, 3.63) is 57.5 Å². The van der Waals surface area contributed by atoms with Gasteiger partial charge < -0.3 is 10.2 Å². The molecule has 2 nitrogen and oxygen atoms in total. The SMILES string of the molecule is CCc1ccc(CC)c(C(N)c2c(C)oc(C)c2C)c1. The Morgan fingerprint density at radius 1 is 1.05 bits per heavy atom. The van der Waals surface area contributed by atoms with Crippen LogP contribution in [0.2, 0.25) is 0 Å². The normalized spacial score (nSPS) is 12.7. The Hall–Kier alpha value is -1.54. The van der Waals surface area contributed by atoms with Crippen LogP contribution in [0.4, 0.5) is 0 Å². The lowest BCUT2D eigenvalue weighted by Gasteiger charge is -2.18. The predicted molar refractivity (Wildman–Crippen MR) is 84.1 cm³/mol. The molecule has 108 valence electrons. The standard InChI is InChI=1S/C18H25NO/c1-6-14-8-9-15(7-2)16(10-14)18(19)17-11(3)12(4)20-13(17)5/h8-10,18H,6-7,19H2,1-5H3. The molecule has 0 aliphatic carbocycles. The van der Waals surface area contributed by atoms with E-state index in [1.165, 1.54) is 22.3 Å². The summed E-state index contributed by atoms with van der Waals surface area (Å²) in [6.45, 7) is 10.5. The fourth-order valence-electron chi connectivity index (χ4n) is 2.90. The molecule has 0 aliphatic heterocycles. The van der Waals surface area contributed by atoms with Gasteiger partial charge in [0.1, 0.15) is 11.5 Å². The molecule has 0 bridgehead atoms. The van der Waals surface area contributed by atoms with E-state index < -0.39 is 0 Å². The second-order valence-electron chi connectivity index (χ2n) is 5.47. The van der Waals surface area contributed by atoms with E-state index in [1.54, 1.807) is 0 Å². The van der Waals surface area contributed by atoms with Gasteiger partial charge in [-0.3, -0.25) is 0 Å². The largest absolute Gasteiger partial charge is 0.466 e. The Bertz CT molecular complexity index is 610. The fraction of sp³-hybridized carbons (Fsp3) is 0.444. The molecule has 2 aromatic rings. The van der Waals surface area contributed by atoms with Gasteiger partial charge >= 0.3 is 0 Å². The summed E-state index contributed by atoms with van der Waals surface area (Å²) in [7, 11) is 0. The zero-order valence-electron chi connectivity index (χ0n) is 13.2. The van der Waals surface area contributed by atoms with E-state index in [1.807, 2.05) is 13.8 Å². The van der Waals surface area contributed by atoms with Gasteiger partial charge in [-0.05, 0) is 55.9 Å². The van der Waals surface area contributed by atoms with Crippen LogP contribution < -0.4 is 5.73 Å².